The van der Waals surface area contributed by atoms with Crippen LogP contribution in [0.3, 0.4) is 0 Å². The molecule has 2 unspecified atom stereocenters. The summed E-state index contributed by atoms with van der Waals surface area (Å²) in [5.74, 6) is 0. The highest BCUT2D eigenvalue weighted by atomic mass is 16.8. The Morgan fingerprint density at radius 1 is 1.13 bits per heavy atom. The summed E-state index contributed by atoms with van der Waals surface area (Å²) in [5, 5.41) is 9.53. The molecule has 0 spiro atoms. The van der Waals surface area contributed by atoms with E-state index in [1.54, 1.807) is 0 Å². The highest BCUT2D eigenvalue weighted by Crippen LogP contribution is 2.36. The molecule has 0 amide bonds. The van der Waals surface area contributed by atoms with Crippen molar-refractivity contribution in [3.05, 3.63) is 35.9 Å². The lowest BCUT2D eigenvalue weighted by atomic mass is 10.2. The SMILES string of the molecule is O[C@H]1CO[C@H]2OC(c3ccccc3)OC21. The Labute approximate surface area is 87.4 Å². The summed E-state index contributed by atoms with van der Waals surface area (Å²) in [4.78, 5) is 0. The van der Waals surface area contributed by atoms with Crippen LogP contribution in [0.15, 0.2) is 30.3 Å². The van der Waals surface area contributed by atoms with Crippen molar-refractivity contribution >= 4 is 0 Å². The van der Waals surface area contributed by atoms with E-state index in [4.69, 9.17) is 14.2 Å². The van der Waals surface area contributed by atoms with Gasteiger partial charge < -0.3 is 19.3 Å². The lowest BCUT2D eigenvalue weighted by Gasteiger charge is -2.12. The molecule has 80 valence electrons. The topological polar surface area (TPSA) is 47.9 Å². The quantitative estimate of drug-likeness (QED) is 0.742. The second kappa shape index (κ2) is 3.57. The summed E-state index contributed by atoms with van der Waals surface area (Å²) in [6.45, 7) is 0.289. The normalized spacial score (nSPS) is 39.3. The van der Waals surface area contributed by atoms with E-state index in [2.05, 4.69) is 0 Å². The Morgan fingerprint density at radius 2 is 1.93 bits per heavy atom. The standard InChI is InChI=1S/C11H12O4/c12-8-6-13-11-9(8)14-10(15-11)7-4-2-1-3-5-7/h1-5,8-12H,6H2/t8-,9?,10?,11-/m0/s1. The van der Waals surface area contributed by atoms with Crippen LogP contribution in [0.1, 0.15) is 11.9 Å². The van der Waals surface area contributed by atoms with Crippen LogP contribution >= 0.6 is 0 Å². The van der Waals surface area contributed by atoms with Crippen molar-refractivity contribution in [2.45, 2.75) is 24.8 Å². The smallest absolute Gasteiger partial charge is 0.190 e. The first-order valence-electron chi connectivity index (χ1n) is 5.00. The van der Waals surface area contributed by atoms with Crippen LogP contribution in [0.2, 0.25) is 0 Å². The molecular weight excluding hydrogens is 196 g/mol. The average molecular weight is 208 g/mol. The highest BCUT2D eigenvalue weighted by molar-refractivity contribution is 5.16. The number of fused-ring (bicyclic) bond motifs is 1. The molecule has 4 nitrogen and oxygen atoms in total. The molecule has 2 aliphatic rings. The Hall–Kier alpha value is -0.940. The van der Waals surface area contributed by atoms with E-state index in [9.17, 15) is 5.11 Å². The summed E-state index contributed by atoms with van der Waals surface area (Å²) >= 11 is 0. The number of hydrogen-bond donors (Lipinski definition) is 1. The maximum absolute atomic E-state index is 9.53. The minimum atomic E-state index is -0.580. The molecule has 2 saturated heterocycles. The number of aliphatic hydroxyl groups excluding tert-OH is 1. The summed E-state index contributed by atoms with van der Waals surface area (Å²) in [5.41, 5.74) is 0.947. The first kappa shape index (κ1) is 9.30. The summed E-state index contributed by atoms with van der Waals surface area (Å²) in [7, 11) is 0. The van der Waals surface area contributed by atoms with Gasteiger partial charge in [-0.3, -0.25) is 0 Å². The monoisotopic (exact) mass is 208 g/mol. The Balaban J connectivity index is 1.77. The Bertz CT molecular complexity index is 340. The number of hydrogen-bond acceptors (Lipinski definition) is 4. The lowest BCUT2D eigenvalue weighted by molar-refractivity contribution is -0.148. The zero-order valence-electron chi connectivity index (χ0n) is 8.08. The third-order valence-electron chi connectivity index (χ3n) is 2.69. The van der Waals surface area contributed by atoms with Gasteiger partial charge >= 0.3 is 0 Å². The van der Waals surface area contributed by atoms with Gasteiger partial charge in [-0.2, -0.15) is 0 Å². The molecule has 1 N–H and O–H groups in total. The van der Waals surface area contributed by atoms with Gasteiger partial charge in [0.25, 0.3) is 0 Å². The number of benzene rings is 1. The Morgan fingerprint density at radius 3 is 2.67 bits per heavy atom. The van der Waals surface area contributed by atoms with Crippen molar-refractivity contribution in [2.75, 3.05) is 6.61 Å². The molecule has 1 aromatic rings. The number of ether oxygens (including phenoxy) is 3. The molecule has 0 aliphatic carbocycles. The average Bonchev–Trinajstić information content (AvgIpc) is 2.83. The first-order valence-corrected chi connectivity index (χ1v) is 5.00. The predicted octanol–water partition coefficient (Wildman–Crippen LogP) is 0.818. The van der Waals surface area contributed by atoms with Crippen molar-refractivity contribution < 1.29 is 19.3 Å². The largest absolute Gasteiger partial charge is 0.388 e. The van der Waals surface area contributed by atoms with Gasteiger partial charge in [0.2, 0.25) is 0 Å². The predicted molar refractivity (Wildman–Crippen MR) is 50.9 cm³/mol. The van der Waals surface area contributed by atoms with E-state index in [-0.39, 0.29) is 12.7 Å². The van der Waals surface area contributed by atoms with Crippen molar-refractivity contribution in [2.24, 2.45) is 0 Å². The maximum atomic E-state index is 9.53. The molecule has 2 aliphatic heterocycles. The van der Waals surface area contributed by atoms with Gasteiger partial charge in [0, 0.05) is 5.56 Å². The summed E-state index contributed by atoms with van der Waals surface area (Å²) in [6, 6.07) is 9.64. The third-order valence-corrected chi connectivity index (χ3v) is 2.69. The fourth-order valence-electron chi connectivity index (χ4n) is 1.90. The number of aliphatic hydroxyl groups is 1. The van der Waals surface area contributed by atoms with Gasteiger partial charge in [-0.1, -0.05) is 30.3 Å². The van der Waals surface area contributed by atoms with Crippen molar-refractivity contribution in [3.8, 4) is 0 Å². The van der Waals surface area contributed by atoms with E-state index >= 15 is 0 Å². The van der Waals surface area contributed by atoms with Crippen LogP contribution in [0, 0.1) is 0 Å². The van der Waals surface area contributed by atoms with Crippen LogP contribution in [0.25, 0.3) is 0 Å². The molecular formula is C11H12O4. The van der Waals surface area contributed by atoms with Crippen LogP contribution in [-0.2, 0) is 14.2 Å². The summed E-state index contributed by atoms with van der Waals surface area (Å²) in [6.07, 6.45) is -1.78. The van der Waals surface area contributed by atoms with Gasteiger partial charge in [0.05, 0.1) is 6.61 Å². The molecule has 0 radical (unpaired) electrons. The molecule has 0 bridgehead atoms. The van der Waals surface area contributed by atoms with Crippen molar-refractivity contribution in [1.82, 2.24) is 0 Å². The zero-order chi connectivity index (χ0) is 10.3. The minimum Gasteiger partial charge on any atom is -0.388 e. The van der Waals surface area contributed by atoms with Gasteiger partial charge in [-0.15, -0.1) is 0 Å². The summed E-state index contributed by atoms with van der Waals surface area (Å²) < 4.78 is 16.4. The van der Waals surface area contributed by atoms with E-state index in [0.717, 1.165) is 5.56 Å². The van der Waals surface area contributed by atoms with Crippen LogP contribution < -0.4 is 0 Å². The second-order valence-electron chi connectivity index (χ2n) is 3.75. The maximum Gasteiger partial charge on any atom is 0.190 e. The molecule has 2 fully saturated rings. The Kier molecular flexibility index (Phi) is 2.21. The van der Waals surface area contributed by atoms with E-state index < -0.39 is 18.7 Å². The van der Waals surface area contributed by atoms with Crippen molar-refractivity contribution in [1.29, 1.82) is 0 Å². The number of rotatable bonds is 1. The van der Waals surface area contributed by atoms with Gasteiger partial charge in [-0.25, -0.2) is 0 Å². The molecule has 2 heterocycles. The molecule has 3 rings (SSSR count). The minimum absolute atomic E-state index is 0.289. The van der Waals surface area contributed by atoms with Crippen LogP contribution in [0.5, 0.6) is 0 Å². The van der Waals surface area contributed by atoms with Gasteiger partial charge in [0.15, 0.2) is 12.6 Å². The first-order chi connectivity index (χ1) is 7.34. The van der Waals surface area contributed by atoms with Gasteiger partial charge in [0.1, 0.15) is 12.2 Å². The highest BCUT2D eigenvalue weighted by Gasteiger charge is 2.46. The second-order valence-corrected chi connectivity index (χ2v) is 3.75. The van der Waals surface area contributed by atoms with E-state index in [0.29, 0.717) is 0 Å². The molecule has 4 heteroatoms. The fraction of sp³-hybridized carbons (Fsp3) is 0.455. The van der Waals surface area contributed by atoms with Crippen molar-refractivity contribution in [3.63, 3.8) is 0 Å². The molecule has 0 aromatic heterocycles. The molecule has 4 atom stereocenters. The fourth-order valence-corrected chi connectivity index (χ4v) is 1.90. The zero-order valence-corrected chi connectivity index (χ0v) is 8.08. The van der Waals surface area contributed by atoms with E-state index in [1.165, 1.54) is 0 Å². The molecule has 1 aromatic carbocycles. The third kappa shape index (κ3) is 1.55. The van der Waals surface area contributed by atoms with Crippen LogP contribution in [-0.4, -0.2) is 30.2 Å². The molecule has 0 saturated carbocycles. The van der Waals surface area contributed by atoms with E-state index in [1.807, 2.05) is 30.3 Å². The lowest BCUT2D eigenvalue weighted by Crippen LogP contribution is -2.27. The van der Waals surface area contributed by atoms with Gasteiger partial charge in [-0.05, 0) is 0 Å². The molecule has 15 heavy (non-hydrogen) atoms. The van der Waals surface area contributed by atoms with Crippen LogP contribution in [0.4, 0.5) is 0 Å².